The van der Waals surface area contributed by atoms with Crippen molar-refractivity contribution in [3.8, 4) is 0 Å². The van der Waals surface area contributed by atoms with E-state index in [9.17, 15) is 19.5 Å². The number of rotatable bonds is 14. The molecule has 1 aliphatic rings. The number of unbranched alkanes of at least 4 members (excludes halogenated alkanes) is 2. The SMILES string of the molecule is C=CCCCCC(=O)OCC(C)(C)NC(=O)[C@@H](CC=C)CC(=O)N1Cc2ccccc2C[C@H]1CO. The van der Waals surface area contributed by atoms with Crippen molar-refractivity contribution < 1.29 is 24.2 Å². The second-order valence-electron chi connectivity index (χ2n) is 9.82. The second-order valence-corrected chi connectivity index (χ2v) is 9.82. The number of hydrogen-bond donors (Lipinski definition) is 2. The Hall–Kier alpha value is -2.93. The number of nitrogens with one attached hydrogen (secondary N) is 1. The van der Waals surface area contributed by atoms with Crippen LogP contribution in [0, 0.1) is 5.92 Å². The van der Waals surface area contributed by atoms with Gasteiger partial charge in [0.2, 0.25) is 11.8 Å². The summed E-state index contributed by atoms with van der Waals surface area (Å²) in [6.45, 7) is 11.3. The molecule has 2 N–H and O–H groups in total. The fourth-order valence-corrected chi connectivity index (χ4v) is 4.22. The Morgan fingerprint density at radius 3 is 2.57 bits per heavy atom. The molecule has 35 heavy (non-hydrogen) atoms. The summed E-state index contributed by atoms with van der Waals surface area (Å²) in [7, 11) is 0. The Balaban J connectivity index is 1.95. The predicted octanol–water partition coefficient (Wildman–Crippen LogP) is 3.70. The minimum Gasteiger partial charge on any atom is -0.463 e. The normalized spacial score (nSPS) is 16.1. The van der Waals surface area contributed by atoms with E-state index in [4.69, 9.17) is 4.74 Å². The molecule has 7 heteroatoms. The van der Waals surface area contributed by atoms with E-state index < -0.39 is 11.5 Å². The largest absolute Gasteiger partial charge is 0.463 e. The van der Waals surface area contributed by atoms with Crippen LogP contribution in [0.2, 0.25) is 0 Å². The third kappa shape index (κ3) is 8.98. The summed E-state index contributed by atoms with van der Waals surface area (Å²) in [4.78, 5) is 40.0. The first-order valence-electron chi connectivity index (χ1n) is 12.4. The van der Waals surface area contributed by atoms with Gasteiger partial charge in [-0.2, -0.15) is 0 Å². The van der Waals surface area contributed by atoms with Crippen LogP contribution in [0.1, 0.15) is 63.5 Å². The summed E-state index contributed by atoms with van der Waals surface area (Å²) in [5.74, 6) is -1.37. The van der Waals surface area contributed by atoms with Crippen molar-refractivity contribution in [1.82, 2.24) is 10.2 Å². The van der Waals surface area contributed by atoms with Crippen molar-refractivity contribution in [2.45, 2.75) is 76.9 Å². The predicted molar refractivity (Wildman–Crippen MR) is 136 cm³/mol. The van der Waals surface area contributed by atoms with Crippen molar-refractivity contribution in [3.63, 3.8) is 0 Å². The number of amides is 2. The highest BCUT2D eigenvalue weighted by Gasteiger charge is 2.33. The molecule has 1 aliphatic heterocycles. The highest BCUT2D eigenvalue weighted by atomic mass is 16.5. The molecule has 0 aliphatic carbocycles. The van der Waals surface area contributed by atoms with Gasteiger partial charge in [-0.3, -0.25) is 14.4 Å². The minimum absolute atomic E-state index is 0.00961. The van der Waals surface area contributed by atoms with Crippen LogP contribution in [0.15, 0.2) is 49.6 Å². The molecule has 2 amide bonds. The maximum atomic E-state index is 13.2. The fraction of sp³-hybridized carbons (Fsp3) is 0.536. The van der Waals surface area contributed by atoms with Crippen molar-refractivity contribution in [2.75, 3.05) is 13.2 Å². The average Bonchev–Trinajstić information content (AvgIpc) is 2.84. The Morgan fingerprint density at radius 2 is 1.91 bits per heavy atom. The Bertz CT molecular complexity index is 895. The molecule has 0 bridgehead atoms. The average molecular weight is 485 g/mol. The number of esters is 1. The Morgan fingerprint density at radius 1 is 1.20 bits per heavy atom. The number of ether oxygens (including phenoxy) is 1. The number of hydrogen-bond acceptors (Lipinski definition) is 5. The molecule has 7 nitrogen and oxygen atoms in total. The highest BCUT2D eigenvalue weighted by molar-refractivity contribution is 5.86. The molecule has 0 radical (unpaired) electrons. The summed E-state index contributed by atoms with van der Waals surface area (Å²) in [5, 5.41) is 12.8. The van der Waals surface area contributed by atoms with Crippen LogP contribution in [0.5, 0.6) is 0 Å². The number of nitrogens with zero attached hydrogens (tertiary/aromatic N) is 1. The lowest BCUT2D eigenvalue weighted by Gasteiger charge is -2.37. The molecule has 0 saturated heterocycles. The van der Waals surface area contributed by atoms with Gasteiger partial charge in [0.05, 0.1) is 24.1 Å². The van der Waals surface area contributed by atoms with Crippen LogP contribution >= 0.6 is 0 Å². The molecule has 192 valence electrons. The number of allylic oxidation sites excluding steroid dienone is 2. The molecule has 1 heterocycles. The standard InChI is InChI=1S/C28H40N2O5/c1-5-7-8-9-15-26(33)35-20-28(3,4)29-27(34)22(12-6-2)17-25(32)30-18-23-14-11-10-13-21(23)16-24(30)19-31/h5-6,10-11,13-14,22,24,31H,1-2,7-9,12,15-20H2,3-4H3,(H,29,34)/t22-,24-/m0/s1. The van der Waals surface area contributed by atoms with Gasteiger partial charge >= 0.3 is 5.97 Å². The van der Waals surface area contributed by atoms with Gasteiger partial charge in [0.25, 0.3) is 0 Å². The van der Waals surface area contributed by atoms with Gasteiger partial charge in [0, 0.05) is 19.4 Å². The fourth-order valence-electron chi connectivity index (χ4n) is 4.22. The number of aliphatic hydroxyl groups excluding tert-OH is 1. The van der Waals surface area contributed by atoms with Crippen LogP contribution in [0.3, 0.4) is 0 Å². The number of carbonyl (C=O) groups is 3. The van der Waals surface area contributed by atoms with Gasteiger partial charge < -0.3 is 20.1 Å². The lowest BCUT2D eigenvalue weighted by molar-refractivity contribution is -0.147. The van der Waals surface area contributed by atoms with Gasteiger partial charge in [0.15, 0.2) is 0 Å². The molecule has 1 aromatic rings. The van der Waals surface area contributed by atoms with Gasteiger partial charge in [-0.05, 0) is 57.1 Å². The number of aliphatic hydroxyl groups is 1. The van der Waals surface area contributed by atoms with Crippen molar-refractivity contribution >= 4 is 17.8 Å². The van der Waals surface area contributed by atoms with Gasteiger partial charge in [-0.15, -0.1) is 13.2 Å². The van der Waals surface area contributed by atoms with E-state index in [1.165, 1.54) is 0 Å². The first-order chi connectivity index (χ1) is 16.7. The van der Waals surface area contributed by atoms with Crippen LogP contribution in [0.25, 0.3) is 0 Å². The quantitative estimate of drug-likeness (QED) is 0.238. The molecular formula is C28H40N2O5. The van der Waals surface area contributed by atoms with Crippen LogP contribution in [-0.2, 0) is 32.1 Å². The topological polar surface area (TPSA) is 95.9 Å². The summed E-state index contributed by atoms with van der Waals surface area (Å²) < 4.78 is 5.36. The second kappa shape index (κ2) is 13.8. The van der Waals surface area contributed by atoms with Crippen LogP contribution < -0.4 is 5.32 Å². The maximum Gasteiger partial charge on any atom is 0.305 e. The van der Waals surface area contributed by atoms with Gasteiger partial charge in [-0.1, -0.05) is 36.4 Å². The molecule has 0 spiro atoms. The summed E-state index contributed by atoms with van der Waals surface area (Å²) in [6.07, 6.45) is 7.19. The van der Waals surface area contributed by atoms with E-state index in [-0.39, 0.29) is 43.5 Å². The van der Waals surface area contributed by atoms with E-state index in [0.29, 0.717) is 25.8 Å². The van der Waals surface area contributed by atoms with E-state index >= 15 is 0 Å². The number of benzene rings is 1. The lowest BCUT2D eigenvalue weighted by Crippen LogP contribution is -2.51. The van der Waals surface area contributed by atoms with Crippen molar-refractivity contribution in [1.29, 1.82) is 0 Å². The summed E-state index contributed by atoms with van der Waals surface area (Å²) in [6, 6.07) is 7.58. The van der Waals surface area contributed by atoms with Crippen molar-refractivity contribution in [3.05, 3.63) is 60.7 Å². The third-order valence-corrected chi connectivity index (χ3v) is 6.22. The first kappa shape index (κ1) is 28.3. The first-order valence-corrected chi connectivity index (χ1v) is 12.4. The number of carbonyl (C=O) groups excluding carboxylic acids is 3. The molecule has 2 atom stereocenters. The molecule has 0 fully saturated rings. The smallest absolute Gasteiger partial charge is 0.305 e. The lowest BCUT2D eigenvalue weighted by atomic mass is 9.92. The van der Waals surface area contributed by atoms with E-state index in [0.717, 1.165) is 30.4 Å². The Kier molecular flexibility index (Phi) is 11.2. The molecule has 2 rings (SSSR count). The molecule has 0 aromatic heterocycles. The van der Waals surface area contributed by atoms with Crippen LogP contribution in [0.4, 0.5) is 0 Å². The molecule has 0 saturated carbocycles. The maximum absolute atomic E-state index is 13.2. The molecule has 1 aromatic carbocycles. The monoisotopic (exact) mass is 484 g/mol. The zero-order chi connectivity index (χ0) is 25.8. The third-order valence-electron chi connectivity index (χ3n) is 6.22. The van der Waals surface area contributed by atoms with Gasteiger partial charge in [0.1, 0.15) is 6.61 Å². The summed E-state index contributed by atoms with van der Waals surface area (Å²) >= 11 is 0. The Labute approximate surface area is 209 Å². The highest BCUT2D eigenvalue weighted by Crippen LogP contribution is 2.25. The minimum atomic E-state index is -0.784. The zero-order valence-electron chi connectivity index (χ0n) is 21.1. The van der Waals surface area contributed by atoms with E-state index in [1.807, 2.05) is 30.3 Å². The molecule has 0 unspecified atom stereocenters. The summed E-state index contributed by atoms with van der Waals surface area (Å²) in [5.41, 5.74) is 1.41. The number of fused-ring (bicyclic) bond motifs is 1. The van der Waals surface area contributed by atoms with Gasteiger partial charge in [-0.25, -0.2) is 0 Å². The molecular weight excluding hydrogens is 444 g/mol. The van der Waals surface area contributed by atoms with E-state index in [1.54, 1.807) is 24.8 Å². The van der Waals surface area contributed by atoms with Crippen LogP contribution in [-0.4, -0.2) is 52.6 Å². The van der Waals surface area contributed by atoms with E-state index in [2.05, 4.69) is 18.5 Å². The zero-order valence-corrected chi connectivity index (χ0v) is 21.1. The van der Waals surface area contributed by atoms with Crippen molar-refractivity contribution in [2.24, 2.45) is 5.92 Å².